The summed E-state index contributed by atoms with van der Waals surface area (Å²) in [6, 6.07) is 0. The van der Waals surface area contributed by atoms with Crippen molar-refractivity contribution in [2.75, 3.05) is 7.11 Å². The van der Waals surface area contributed by atoms with Crippen LogP contribution in [0.1, 0.15) is 87.7 Å². The Balaban J connectivity index is 2.33. The molecule has 0 heterocycles. The Morgan fingerprint density at radius 1 is 1.21 bits per heavy atom. The Labute approximate surface area is 172 Å². The number of fused-ring (bicyclic) bond motifs is 2. The fourth-order valence-corrected chi connectivity index (χ4v) is 5.41. The average Bonchev–Trinajstić information content (AvgIpc) is 2.71. The Morgan fingerprint density at radius 2 is 1.86 bits per heavy atom. The van der Waals surface area contributed by atoms with Crippen molar-refractivity contribution in [3.05, 3.63) is 16.7 Å². The van der Waals surface area contributed by atoms with Gasteiger partial charge in [-0.2, -0.15) is 0 Å². The van der Waals surface area contributed by atoms with Crippen LogP contribution in [0, 0.1) is 11.3 Å². The Bertz CT molecular complexity index is 854. The predicted octanol–water partition coefficient (Wildman–Crippen LogP) is 4.14. The van der Waals surface area contributed by atoms with E-state index in [-0.39, 0.29) is 58.7 Å². The maximum absolute atomic E-state index is 13.4. The van der Waals surface area contributed by atoms with Crippen molar-refractivity contribution in [3.63, 3.8) is 0 Å². The van der Waals surface area contributed by atoms with E-state index in [0.29, 0.717) is 17.5 Å². The zero-order chi connectivity index (χ0) is 21.7. The molecule has 2 aliphatic rings. The number of rotatable bonds is 3. The van der Waals surface area contributed by atoms with Crippen LogP contribution in [-0.2, 0) is 11.2 Å². The van der Waals surface area contributed by atoms with Gasteiger partial charge in [-0.1, -0.05) is 34.1 Å². The van der Waals surface area contributed by atoms with Crippen LogP contribution >= 0.6 is 0 Å². The van der Waals surface area contributed by atoms with Crippen molar-refractivity contribution < 1.29 is 29.3 Å². The number of aliphatic hydroxyl groups is 1. The number of hydrogen-bond donors (Lipinski definition) is 2. The van der Waals surface area contributed by atoms with Crippen LogP contribution < -0.4 is 9.47 Å². The van der Waals surface area contributed by atoms with E-state index in [4.69, 9.17) is 9.47 Å². The molecular formula is C23H32O6. The number of carbonyl (C=O) groups is 2. The highest BCUT2D eigenvalue weighted by atomic mass is 16.6. The molecule has 0 bridgehead atoms. The second kappa shape index (κ2) is 7.31. The molecule has 0 unspecified atom stereocenters. The van der Waals surface area contributed by atoms with Crippen molar-refractivity contribution in [2.24, 2.45) is 11.3 Å². The lowest BCUT2D eigenvalue weighted by Gasteiger charge is -2.48. The van der Waals surface area contributed by atoms with Gasteiger partial charge in [-0.25, -0.2) is 0 Å². The van der Waals surface area contributed by atoms with Gasteiger partial charge in [0.2, 0.25) is 0 Å². The Morgan fingerprint density at radius 3 is 2.41 bits per heavy atom. The molecule has 2 atom stereocenters. The molecule has 29 heavy (non-hydrogen) atoms. The summed E-state index contributed by atoms with van der Waals surface area (Å²) in [6.45, 7) is 9.20. The molecule has 1 aromatic rings. The highest BCUT2D eigenvalue weighted by Gasteiger charge is 2.52. The van der Waals surface area contributed by atoms with E-state index in [2.05, 4.69) is 13.8 Å². The molecule has 3 rings (SSSR count). The van der Waals surface area contributed by atoms with Crippen molar-refractivity contribution in [3.8, 4) is 17.2 Å². The summed E-state index contributed by atoms with van der Waals surface area (Å²) < 4.78 is 11.1. The summed E-state index contributed by atoms with van der Waals surface area (Å²) in [5.74, 6) is -0.933. The van der Waals surface area contributed by atoms with Gasteiger partial charge in [-0.05, 0) is 24.2 Å². The number of esters is 1. The van der Waals surface area contributed by atoms with Gasteiger partial charge in [-0.3, -0.25) is 9.59 Å². The third-order valence-corrected chi connectivity index (χ3v) is 6.72. The lowest BCUT2D eigenvalue weighted by atomic mass is 9.59. The molecule has 6 heteroatoms. The van der Waals surface area contributed by atoms with Gasteiger partial charge < -0.3 is 19.7 Å². The van der Waals surface area contributed by atoms with Gasteiger partial charge in [-0.15, -0.1) is 0 Å². The number of carbonyl (C=O) groups excluding carboxylic acids is 2. The summed E-state index contributed by atoms with van der Waals surface area (Å²) in [4.78, 5) is 25.2. The summed E-state index contributed by atoms with van der Waals surface area (Å²) in [5, 5.41) is 22.7. The summed E-state index contributed by atoms with van der Waals surface area (Å²) >= 11 is 0. The number of aromatic hydroxyl groups is 1. The monoisotopic (exact) mass is 404 g/mol. The van der Waals surface area contributed by atoms with Crippen molar-refractivity contribution in [2.45, 2.75) is 78.2 Å². The SMILES string of the molecule is COc1c(OC(C)=O)c2c(c(O)c1C(C)C)C(=O)C[C@H]1C(C)(C)CCC[C@]1(O)C2. The number of hydrogen-bond acceptors (Lipinski definition) is 6. The first kappa shape index (κ1) is 21.6. The van der Waals surface area contributed by atoms with E-state index in [0.717, 1.165) is 12.8 Å². The molecule has 0 saturated heterocycles. The number of methoxy groups -OCH3 is 1. The number of benzene rings is 1. The standard InChI is InChI=1S/C23H32O6/c1-12(2)17-19(26)18-14(20(21(17)28-6)29-13(3)24)11-23(27)9-7-8-22(4,5)16(23)10-15(18)25/h12,16,26-27H,7-11H2,1-6H3/t16-,23-/m0/s1. The third kappa shape index (κ3) is 3.52. The Kier molecular flexibility index (Phi) is 5.45. The van der Waals surface area contributed by atoms with E-state index < -0.39 is 11.6 Å². The lowest BCUT2D eigenvalue weighted by Crippen LogP contribution is -2.50. The quantitative estimate of drug-likeness (QED) is 0.581. The third-order valence-electron chi connectivity index (χ3n) is 6.72. The molecule has 1 fully saturated rings. The molecule has 1 saturated carbocycles. The molecule has 2 aliphatic carbocycles. The van der Waals surface area contributed by atoms with E-state index in [1.165, 1.54) is 14.0 Å². The molecule has 6 nitrogen and oxygen atoms in total. The van der Waals surface area contributed by atoms with Gasteiger partial charge in [0.15, 0.2) is 17.3 Å². The zero-order valence-corrected chi connectivity index (χ0v) is 18.2. The minimum Gasteiger partial charge on any atom is -0.507 e. The fraction of sp³-hybridized carbons (Fsp3) is 0.652. The number of ether oxygens (including phenoxy) is 2. The molecule has 0 amide bonds. The van der Waals surface area contributed by atoms with Gasteiger partial charge in [0.25, 0.3) is 0 Å². The second-order valence-corrected chi connectivity index (χ2v) is 9.53. The van der Waals surface area contributed by atoms with E-state index >= 15 is 0 Å². The van der Waals surface area contributed by atoms with Crippen LogP contribution in [0.25, 0.3) is 0 Å². The maximum atomic E-state index is 13.4. The van der Waals surface area contributed by atoms with Crippen molar-refractivity contribution in [1.82, 2.24) is 0 Å². The number of Topliss-reactive ketones (excluding diaryl/α,β-unsaturated/α-hetero) is 1. The van der Waals surface area contributed by atoms with Crippen LogP contribution in [0.5, 0.6) is 17.2 Å². The molecule has 0 radical (unpaired) electrons. The topological polar surface area (TPSA) is 93.1 Å². The minimum absolute atomic E-state index is 0.132. The summed E-state index contributed by atoms with van der Waals surface area (Å²) in [5.41, 5.74) is -0.371. The van der Waals surface area contributed by atoms with Crippen LogP contribution in [0.2, 0.25) is 0 Å². The average molecular weight is 405 g/mol. The summed E-state index contributed by atoms with van der Waals surface area (Å²) in [7, 11) is 1.44. The number of phenols is 1. The van der Waals surface area contributed by atoms with Gasteiger partial charge in [0.1, 0.15) is 5.75 Å². The Hall–Kier alpha value is -2.08. The maximum Gasteiger partial charge on any atom is 0.308 e. The first-order valence-electron chi connectivity index (χ1n) is 10.3. The molecule has 2 N–H and O–H groups in total. The predicted molar refractivity (Wildman–Crippen MR) is 109 cm³/mol. The first-order valence-corrected chi connectivity index (χ1v) is 10.3. The molecule has 0 spiro atoms. The zero-order valence-electron chi connectivity index (χ0n) is 18.2. The van der Waals surface area contributed by atoms with Crippen LogP contribution in [-0.4, -0.2) is 34.7 Å². The van der Waals surface area contributed by atoms with E-state index in [1.54, 1.807) is 0 Å². The van der Waals surface area contributed by atoms with Gasteiger partial charge >= 0.3 is 5.97 Å². The van der Waals surface area contributed by atoms with Crippen LogP contribution in [0.3, 0.4) is 0 Å². The largest absolute Gasteiger partial charge is 0.507 e. The van der Waals surface area contributed by atoms with Crippen molar-refractivity contribution >= 4 is 11.8 Å². The molecule has 1 aromatic carbocycles. The molecule has 160 valence electrons. The molecule has 0 aromatic heterocycles. The van der Waals surface area contributed by atoms with Gasteiger partial charge in [0.05, 0.1) is 18.3 Å². The normalized spacial score (nSPS) is 25.8. The van der Waals surface area contributed by atoms with Crippen LogP contribution in [0.15, 0.2) is 0 Å². The van der Waals surface area contributed by atoms with E-state index in [9.17, 15) is 19.8 Å². The number of ketones is 1. The number of phenolic OH excluding ortho intramolecular Hbond substituents is 1. The van der Waals surface area contributed by atoms with E-state index in [1.807, 2.05) is 13.8 Å². The fourth-order valence-electron chi connectivity index (χ4n) is 5.41. The molecular weight excluding hydrogens is 372 g/mol. The first-order chi connectivity index (χ1) is 13.4. The highest BCUT2D eigenvalue weighted by molar-refractivity contribution is 6.03. The summed E-state index contributed by atoms with van der Waals surface area (Å²) in [6.07, 6.45) is 2.61. The highest BCUT2D eigenvalue weighted by Crippen LogP contribution is 2.55. The lowest BCUT2D eigenvalue weighted by molar-refractivity contribution is -0.132. The van der Waals surface area contributed by atoms with Crippen LogP contribution in [0.4, 0.5) is 0 Å². The van der Waals surface area contributed by atoms with Gasteiger partial charge in [0, 0.05) is 36.8 Å². The smallest absolute Gasteiger partial charge is 0.308 e. The second-order valence-electron chi connectivity index (χ2n) is 9.53. The molecule has 0 aliphatic heterocycles. The minimum atomic E-state index is -1.12. The van der Waals surface area contributed by atoms with Crippen molar-refractivity contribution in [1.29, 1.82) is 0 Å².